The predicted octanol–water partition coefficient (Wildman–Crippen LogP) is 5.88. The van der Waals surface area contributed by atoms with E-state index in [9.17, 15) is 4.79 Å². The van der Waals surface area contributed by atoms with Crippen molar-refractivity contribution in [1.82, 2.24) is 4.90 Å². The average Bonchev–Trinajstić information content (AvgIpc) is 3.17. The van der Waals surface area contributed by atoms with Gasteiger partial charge in [-0.15, -0.1) is 0 Å². The Hall–Kier alpha value is -3.09. The summed E-state index contributed by atoms with van der Waals surface area (Å²) in [5, 5.41) is 3.16. The lowest BCUT2D eigenvalue weighted by Crippen LogP contribution is -2.38. The molecule has 2 aromatic rings. The second-order valence-electron chi connectivity index (χ2n) is 10.6. The zero-order chi connectivity index (χ0) is 26.3. The molecular weight excluding hydrogens is 476 g/mol. The molecule has 0 spiro atoms. The normalized spacial score (nSPS) is 21.9. The smallest absolute Gasteiger partial charge is 0.251 e. The first kappa shape index (κ1) is 26.5. The van der Waals surface area contributed by atoms with Gasteiger partial charge in [0.15, 0.2) is 11.5 Å². The maximum atomic E-state index is 13.5. The van der Waals surface area contributed by atoms with Gasteiger partial charge in [-0.2, -0.15) is 0 Å². The van der Waals surface area contributed by atoms with Crippen molar-refractivity contribution in [2.45, 2.75) is 44.9 Å². The molecular formula is C32H40N2O4. The number of amides is 1. The summed E-state index contributed by atoms with van der Waals surface area (Å²) in [7, 11) is 1.64. The molecule has 2 aliphatic carbocycles. The minimum atomic E-state index is 0.0105. The van der Waals surface area contributed by atoms with Crippen molar-refractivity contribution in [2.75, 3.05) is 51.9 Å². The lowest BCUT2D eigenvalue weighted by molar-refractivity contribution is -0.113. The monoisotopic (exact) mass is 516 g/mol. The van der Waals surface area contributed by atoms with E-state index < -0.39 is 0 Å². The molecule has 38 heavy (non-hydrogen) atoms. The first-order chi connectivity index (χ1) is 18.6. The Bertz CT molecular complexity index is 1160. The van der Waals surface area contributed by atoms with Crippen LogP contribution in [0.15, 0.2) is 65.8 Å². The fourth-order valence-electron chi connectivity index (χ4n) is 5.82. The molecule has 3 aliphatic rings. The molecule has 2 unspecified atom stereocenters. The van der Waals surface area contributed by atoms with Gasteiger partial charge in [0.25, 0.3) is 5.91 Å². The van der Waals surface area contributed by atoms with Crippen molar-refractivity contribution in [3.8, 4) is 11.5 Å². The summed E-state index contributed by atoms with van der Waals surface area (Å²) < 4.78 is 17.0. The van der Waals surface area contributed by atoms with Crippen molar-refractivity contribution < 1.29 is 19.0 Å². The third-order valence-electron chi connectivity index (χ3n) is 8.05. The van der Waals surface area contributed by atoms with Gasteiger partial charge in [0, 0.05) is 42.9 Å². The third kappa shape index (κ3) is 6.48. The molecule has 1 N–H and O–H groups in total. The van der Waals surface area contributed by atoms with Crippen LogP contribution in [0, 0.1) is 12.8 Å². The highest BCUT2D eigenvalue weighted by molar-refractivity contribution is 6.04. The molecule has 1 saturated heterocycles. The van der Waals surface area contributed by atoms with Gasteiger partial charge in [0.05, 0.1) is 20.3 Å². The SMILES string of the molecule is COc1ccc(NC(=O)C2=C3CCC(c4ccc(C)cc4)C=CC3CCC2)cc1OCCN1CCOCC1. The first-order valence-electron chi connectivity index (χ1n) is 14.0. The van der Waals surface area contributed by atoms with E-state index in [4.69, 9.17) is 14.2 Å². The third-order valence-corrected chi connectivity index (χ3v) is 8.05. The minimum Gasteiger partial charge on any atom is -0.493 e. The topological polar surface area (TPSA) is 60.0 Å². The van der Waals surface area contributed by atoms with E-state index in [1.54, 1.807) is 7.11 Å². The predicted molar refractivity (Wildman–Crippen MR) is 151 cm³/mol. The zero-order valence-electron chi connectivity index (χ0n) is 22.7. The Balaban J connectivity index is 1.26. The van der Waals surface area contributed by atoms with Crippen LogP contribution in [0.25, 0.3) is 0 Å². The number of methoxy groups -OCH3 is 1. The molecule has 202 valence electrons. The number of ether oxygens (including phenoxy) is 3. The van der Waals surface area contributed by atoms with Crippen LogP contribution in [0.2, 0.25) is 0 Å². The molecule has 0 saturated carbocycles. The van der Waals surface area contributed by atoms with Crippen molar-refractivity contribution in [3.63, 3.8) is 0 Å². The van der Waals surface area contributed by atoms with Crippen molar-refractivity contribution in [3.05, 3.63) is 76.9 Å². The Labute approximate surface area is 226 Å². The Morgan fingerprint density at radius 3 is 2.58 bits per heavy atom. The van der Waals surface area contributed by atoms with Crippen LogP contribution in [0.1, 0.15) is 49.1 Å². The number of anilines is 1. The molecule has 0 radical (unpaired) electrons. The van der Waals surface area contributed by atoms with Gasteiger partial charge in [0.2, 0.25) is 0 Å². The van der Waals surface area contributed by atoms with Gasteiger partial charge in [0.1, 0.15) is 6.61 Å². The summed E-state index contributed by atoms with van der Waals surface area (Å²) in [6, 6.07) is 14.5. The number of hydrogen-bond acceptors (Lipinski definition) is 5. The van der Waals surface area contributed by atoms with E-state index in [-0.39, 0.29) is 5.91 Å². The van der Waals surface area contributed by atoms with Crippen LogP contribution < -0.4 is 14.8 Å². The van der Waals surface area contributed by atoms with Crippen molar-refractivity contribution >= 4 is 11.6 Å². The van der Waals surface area contributed by atoms with Gasteiger partial charge in [-0.25, -0.2) is 0 Å². The van der Waals surface area contributed by atoms with Crippen LogP contribution in [0.5, 0.6) is 11.5 Å². The molecule has 1 amide bonds. The number of nitrogens with one attached hydrogen (secondary N) is 1. The van der Waals surface area contributed by atoms with Crippen molar-refractivity contribution in [2.24, 2.45) is 5.92 Å². The molecule has 1 fully saturated rings. The van der Waals surface area contributed by atoms with Gasteiger partial charge < -0.3 is 19.5 Å². The van der Waals surface area contributed by atoms with Crippen molar-refractivity contribution in [1.29, 1.82) is 0 Å². The van der Waals surface area contributed by atoms with Crippen LogP contribution in [-0.2, 0) is 9.53 Å². The Morgan fingerprint density at radius 2 is 1.79 bits per heavy atom. The minimum absolute atomic E-state index is 0.0105. The maximum Gasteiger partial charge on any atom is 0.251 e. The summed E-state index contributed by atoms with van der Waals surface area (Å²) in [4.78, 5) is 15.9. The Morgan fingerprint density at radius 1 is 1.00 bits per heavy atom. The largest absolute Gasteiger partial charge is 0.493 e. The molecule has 6 heteroatoms. The highest BCUT2D eigenvalue weighted by Gasteiger charge is 2.28. The molecule has 6 nitrogen and oxygen atoms in total. The number of carbonyl (C=O) groups is 1. The number of morpholine rings is 1. The zero-order valence-corrected chi connectivity index (χ0v) is 22.7. The van der Waals surface area contributed by atoms with E-state index in [2.05, 4.69) is 53.6 Å². The molecule has 2 aromatic carbocycles. The number of nitrogens with zero attached hydrogens (tertiary/aromatic N) is 1. The van der Waals surface area contributed by atoms with E-state index >= 15 is 0 Å². The lowest BCUT2D eigenvalue weighted by Gasteiger charge is -2.26. The molecule has 2 atom stereocenters. The number of carbonyl (C=O) groups excluding carboxylic acids is 1. The van der Waals surface area contributed by atoms with Crippen LogP contribution in [0.3, 0.4) is 0 Å². The average molecular weight is 517 g/mol. The number of allylic oxidation sites excluding steroid dienone is 3. The summed E-state index contributed by atoms with van der Waals surface area (Å²) in [6.45, 7) is 6.90. The molecule has 5 rings (SSSR count). The van der Waals surface area contributed by atoms with Gasteiger partial charge in [-0.3, -0.25) is 9.69 Å². The van der Waals surface area contributed by atoms with E-state index in [0.717, 1.165) is 76.2 Å². The Kier molecular flexibility index (Phi) is 8.82. The van der Waals surface area contributed by atoms with Gasteiger partial charge in [-0.1, -0.05) is 47.6 Å². The fraction of sp³-hybridized carbons (Fsp3) is 0.469. The van der Waals surface area contributed by atoms with Crippen LogP contribution in [0.4, 0.5) is 5.69 Å². The second kappa shape index (κ2) is 12.6. The molecule has 0 bridgehead atoms. The maximum absolute atomic E-state index is 13.5. The highest BCUT2D eigenvalue weighted by Crippen LogP contribution is 2.40. The first-order valence-corrected chi connectivity index (χ1v) is 14.0. The quantitative estimate of drug-likeness (QED) is 0.444. The standard InChI is InChI=1S/C32H40N2O4/c1-23-6-8-24(9-7-23)25-10-11-26-4-3-5-29(28(26)14-12-25)32(35)33-27-13-15-30(36-2)31(22-27)38-21-18-34-16-19-37-20-17-34/h6-11,13,15,22,25-26H,3-5,12,14,16-21H2,1-2H3,(H,33,35). The number of benzene rings is 2. The summed E-state index contributed by atoms with van der Waals surface area (Å²) in [5.41, 5.74) is 5.65. The molecule has 1 heterocycles. The lowest BCUT2D eigenvalue weighted by atomic mass is 9.80. The van der Waals surface area contributed by atoms with Crippen LogP contribution in [-0.4, -0.2) is 57.4 Å². The van der Waals surface area contributed by atoms with E-state index in [1.807, 2.05) is 18.2 Å². The summed E-state index contributed by atoms with van der Waals surface area (Å²) in [6.07, 6.45) is 9.70. The highest BCUT2D eigenvalue weighted by atomic mass is 16.5. The number of aryl methyl sites for hydroxylation is 1. The van der Waals surface area contributed by atoms with Crippen LogP contribution >= 0.6 is 0 Å². The number of fused-ring (bicyclic) bond motifs is 1. The van der Waals surface area contributed by atoms with Gasteiger partial charge in [-0.05, 0) is 62.6 Å². The second-order valence-corrected chi connectivity index (χ2v) is 10.6. The fourth-order valence-corrected chi connectivity index (χ4v) is 5.82. The van der Waals surface area contributed by atoms with Gasteiger partial charge >= 0.3 is 0 Å². The summed E-state index contributed by atoms with van der Waals surface area (Å²) >= 11 is 0. The summed E-state index contributed by atoms with van der Waals surface area (Å²) in [5.74, 6) is 2.08. The number of rotatable bonds is 8. The molecule has 1 aliphatic heterocycles. The molecule has 0 aromatic heterocycles. The number of hydrogen-bond donors (Lipinski definition) is 1. The van der Waals surface area contributed by atoms with E-state index in [0.29, 0.717) is 29.9 Å². The van der Waals surface area contributed by atoms with E-state index in [1.165, 1.54) is 16.7 Å².